The Labute approximate surface area is 183 Å². The molecule has 3 aromatic carbocycles. The fourth-order valence-corrected chi connectivity index (χ4v) is 3.82. The van der Waals surface area contributed by atoms with E-state index in [1.165, 1.54) is 0 Å². The van der Waals surface area contributed by atoms with Crippen molar-refractivity contribution < 1.29 is 4.79 Å². The highest BCUT2D eigenvalue weighted by molar-refractivity contribution is 7.98. The molecule has 0 fully saturated rings. The van der Waals surface area contributed by atoms with Gasteiger partial charge in [-0.15, -0.1) is 0 Å². The van der Waals surface area contributed by atoms with E-state index in [0.29, 0.717) is 16.3 Å². The van der Waals surface area contributed by atoms with E-state index in [-0.39, 0.29) is 5.91 Å². The van der Waals surface area contributed by atoms with Crippen molar-refractivity contribution in [2.75, 3.05) is 0 Å². The number of benzene rings is 3. The van der Waals surface area contributed by atoms with Crippen molar-refractivity contribution >= 4 is 46.0 Å². The highest BCUT2D eigenvalue weighted by atomic mass is 35.5. The number of aromatic amines is 1. The first-order chi connectivity index (χ1) is 14.6. The molecule has 150 valence electrons. The largest absolute Gasteiger partial charge is 0.333 e. The summed E-state index contributed by atoms with van der Waals surface area (Å²) < 4.78 is 0. The van der Waals surface area contributed by atoms with Crippen LogP contribution < -0.4 is 5.43 Å². The number of aromatic nitrogens is 2. The smallest absolute Gasteiger partial charge is 0.271 e. The van der Waals surface area contributed by atoms with E-state index in [2.05, 4.69) is 20.5 Å². The van der Waals surface area contributed by atoms with Gasteiger partial charge in [-0.25, -0.2) is 10.4 Å². The van der Waals surface area contributed by atoms with E-state index in [1.54, 1.807) is 36.0 Å². The van der Waals surface area contributed by atoms with Gasteiger partial charge in [0, 0.05) is 16.3 Å². The molecule has 0 aliphatic carbocycles. The van der Waals surface area contributed by atoms with E-state index in [4.69, 9.17) is 11.6 Å². The Bertz CT molecular complexity index is 1170. The zero-order valence-corrected chi connectivity index (χ0v) is 17.8. The average molecular weight is 435 g/mol. The summed E-state index contributed by atoms with van der Waals surface area (Å²) in [4.78, 5) is 20.2. The van der Waals surface area contributed by atoms with Gasteiger partial charge in [0.2, 0.25) is 0 Å². The van der Waals surface area contributed by atoms with E-state index < -0.39 is 0 Å². The van der Waals surface area contributed by atoms with Gasteiger partial charge in [0.15, 0.2) is 5.16 Å². The number of H-pyrrole nitrogens is 1. The maximum atomic E-state index is 12.4. The number of hydrogen-bond donors (Lipinski definition) is 2. The van der Waals surface area contributed by atoms with Crippen molar-refractivity contribution in [3.63, 3.8) is 0 Å². The summed E-state index contributed by atoms with van der Waals surface area (Å²) in [5.41, 5.74) is 7.86. The molecule has 0 bridgehead atoms. The van der Waals surface area contributed by atoms with Gasteiger partial charge in [-0.1, -0.05) is 59.8 Å². The molecule has 0 atom stereocenters. The molecule has 5 nitrogen and oxygen atoms in total. The molecule has 0 radical (unpaired) electrons. The number of nitrogens with zero attached hydrogens (tertiary/aromatic N) is 2. The van der Waals surface area contributed by atoms with Gasteiger partial charge >= 0.3 is 0 Å². The maximum absolute atomic E-state index is 12.4. The molecule has 7 heteroatoms. The fraction of sp³-hybridized carbons (Fsp3) is 0.0870. The van der Waals surface area contributed by atoms with Crippen LogP contribution in [0.2, 0.25) is 5.02 Å². The van der Waals surface area contributed by atoms with Gasteiger partial charge in [0.05, 0.1) is 16.7 Å². The lowest BCUT2D eigenvalue weighted by Gasteiger charge is -2.05. The number of fused-ring (bicyclic) bond motifs is 1. The van der Waals surface area contributed by atoms with Crippen LogP contribution in [0.25, 0.3) is 11.0 Å². The summed E-state index contributed by atoms with van der Waals surface area (Å²) in [6.45, 7) is 1.84. The molecule has 4 rings (SSSR count). The van der Waals surface area contributed by atoms with E-state index >= 15 is 0 Å². The van der Waals surface area contributed by atoms with Gasteiger partial charge in [-0.3, -0.25) is 4.79 Å². The monoisotopic (exact) mass is 434 g/mol. The summed E-state index contributed by atoms with van der Waals surface area (Å²) >= 11 is 7.52. The zero-order chi connectivity index (χ0) is 20.9. The Balaban J connectivity index is 1.34. The van der Waals surface area contributed by atoms with E-state index in [9.17, 15) is 4.79 Å². The summed E-state index contributed by atoms with van der Waals surface area (Å²) in [5.74, 6) is 0.509. The second kappa shape index (κ2) is 9.15. The number of rotatable bonds is 6. The molecule has 1 amide bonds. The standard InChI is InChI=1S/C23H19ClN4OS/c1-15(17-10-12-19(24)13-11-17)27-28-22(29)18-8-6-16(7-9-18)14-30-23-25-20-4-2-3-5-21(20)26-23/h2-13H,14H2,1H3,(H,25,26)(H,28,29). The first-order valence-corrected chi connectivity index (χ1v) is 10.7. The minimum Gasteiger partial charge on any atom is -0.333 e. The van der Waals surface area contributed by atoms with Crippen LogP contribution in [0.3, 0.4) is 0 Å². The van der Waals surface area contributed by atoms with Crippen molar-refractivity contribution in [1.29, 1.82) is 0 Å². The van der Waals surface area contributed by atoms with Crippen LogP contribution in [0.4, 0.5) is 0 Å². The summed E-state index contributed by atoms with van der Waals surface area (Å²) in [7, 11) is 0. The highest BCUT2D eigenvalue weighted by Crippen LogP contribution is 2.23. The lowest BCUT2D eigenvalue weighted by molar-refractivity contribution is 0.0955. The van der Waals surface area contributed by atoms with Crippen molar-refractivity contribution in [3.8, 4) is 0 Å². The van der Waals surface area contributed by atoms with Crippen molar-refractivity contribution in [1.82, 2.24) is 15.4 Å². The molecule has 0 unspecified atom stereocenters. The third-order valence-corrected chi connectivity index (χ3v) is 5.74. The second-order valence-electron chi connectivity index (χ2n) is 6.69. The van der Waals surface area contributed by atoms with Crippen LogP contribution >= 0.6 is 23.4 Å². The average Bonchev–Trinajstić information content (AvgIpc) is 3.20. The predicted octanol–water partition coefficient (Wildman–Crippen LogP) is 5.66. The van der Waals surface area contributed by atoms with Gasteiger partial charge in [-0.2, -0.15) is 5.10 Å². The first-order valence-electron chi connectivity index (χ1n) is 9.35. The van der Waals surface area contributed by atoms with E-state index in [0.717, 1.165) is 33.1 Å². The van der Waals surface area contributed by atoms with E-state index in [1.807, 2.05) is 55.5 Å². The molecule has 2 N–H and O–H groups in total. The number of carbonyl (C=O) groups excluding carboxylic acids is 1. The summed E-state index contributed by atoms with van der Waals surface area (Å²) in [5, 5.41) is 5.72. The number of hydrazone groups is 1. The number of hydrogen-bond acceptors (Lipinski definition) is 4. The topological polar surface area (TPSA) is 70.1 Å². The van der Waals surface area contributed by atoms with Crippen LogP contribution in [0.15, 0.2) is 83.1 Å². The Morgan fingerprint density at radius 2 is 1.73 bits per heavy atom. The number of thioether (sulfide) groups is 1. The van der Waals surface area contributed by atoms with Crippen LogP contribution in [0.5, 0.6) is 0 Å². The molecular weight excluding hydrogens is 416 g/mol. The van der Waals surface area contributed by atoms with Crippen molar-refractivity contribution in [2.24, 2.45) is 5.10 Å². The van der Waals surface area contributed by atoms with Gasteiger partial charge in [-0.05, 0) is 54.4 Å². The first kappa shape index (κ1) is 20.2. The molecule has 0 saturated carbocycles. The van der Waals surface area contributed by atoms with Crippen molar-refractivity contribution in [3.05, 3.63) is 94.5 Å². The van der Waals surface area contributed by atoms with Crippen LogP contribution in [-0.2, 0) is 5.75 Å². The van der Waals surface area contributed by atoms with Gasteiger partial charge in [0.1, 0.15) is 0 Å². The molecule has 0 aliphatic rings. The SMILES string of the molecule is CC(=NNC(=O)c1ccc(CSc2nc3ccccc3[nH]2)cc1)c1ccc(Cl)cc1. The summed E-state index contributed by atoms with van der Waals surface area (Å²) in [6, 6.07) is 22.8. The Morgan fingerprint density at radius 1 is 1.03 bits per heavy atom. The third-order valence-electron chi connectivity index (χ3n) is 4.55. The Kier molecular flexibility index (Phi) is 6.16. The lowest BCUT2D eigenvalue weighted by Crippen LogP contribution is -2.19. The number of halogens is 1. The Morgan fingerprint density at radius 3 is 2.47 bits per heavy atom. The molecule has 0 saturated heterocycles. The fourth-order valence-electron chi connectivity index (χ4n) is 2.86. The third kappa shape index (κ3) is 4.90. The van der Waals surface area contributed by atoms with Gasteiger partial charge in [0.25, 0.3) is 5.91 Å². The quantitative estimate of drug-likeness (QED) is 0.233. The number of amides is 1. The summed E-state index contributed by atoms with van der Waals surface area (Å²) in [6.07, 6.45) is 0. The van der Waals surface area contributed by atoms with Crippen LogP contribution in [0, 0.1) is 0 Å². The van der Waals surface area contributed by atoms with Crippen molar-refractivity contribution in [2.45, 2.75) is 17.8 Å². The number of carbonyl (C=O) groups is 1. The van der Waals surface area contributed by atoms with Gasteiger partial charge < -0.3 is 4.98 Å². The molecular formula is C23H19ClN4OS. The zero-order valence-electron chi connectivity index (χ0n) is 16.2. The minimum atomic E-state index is -0.250. The second-order valence-corrected chi connectivity index (χ2v) is 8.09. The predicted molar refractivity (Wildman–Crippen MR) is 123 cm³/mol. The molecule has 0 aliphatic heterocycles. The maximum Gasteiger partial charge on any atom is 0.271 e. The highest BCUT2D eigenvalue weighted by Gasteiger charge is 2.07. The number of nitrogens with one attached hydrogen (secondary N) is 2. The normalized spacial score (nSPS) is 11.6. The molecule has 1 heterocycles. The number of imidazole rings is 1. The molecule has 4 aromatic rings. The number of para-hydroxylation sites is 2. The molecule has 1 aromatic heterocycles. The minimum absolute atomic E-state index is 0.250. The lowest BCUT2D eigenvalue weighted by atomic mass is 10.1. The van der Waals surface area contributed by atoms with Crippen LogP contribution in [0.1, 0.15) is 28.4 Å². The Hall–Kier alpha value is -3.09. The molecule has 30 heavy (non-hydrogen) atoms. The van der Waals surface area contributed by atoms with Crippen LogP contribution in [-0.4, -0.2) is 21.6 Å². The molecule has 0 spiro atoms.